The summed E-state index contributed by atoms with van der Waals surface area (Å²) in [6.45, 7) is 0. The van der Waals surface area contributed by atoms with E-state index in [4.69, 9.17) is 5.10 Å². The number of fused-ring (bicyclic) bond motifs is 1. The molecule has 126 valence electrons. The molecule has 0 fully saturated rings. The third-order valence-electron chi connectivity index (χ3n) is 4.71. The van der Waals surface area contributed by atoms with Crippen molar-refractivity contribution in [2.75, 3.05) is 19.0 Å². The number of anilines is 1. The minimum Gasteiger partial charge on any atom is -0.378 e. The van der Waals surface area contributed by atoms with Crippen molar-refractivity contribution in [3.63, 3.8) is 0 Å². The molecule has 2 aromatic carbocycles. The van der Waals surface area contributed by atoms with Crippen LogP contribution in [0.15, 0.2) is 54.6 Å². The van der Waals surface area contributed by atoms with Crippen molar-refractivity contribution >= 4 is 11.5 Å². The summed E-state index contributed by atoms with van der Waals surface area (Å²) < 4.78 is 1.93. The molecular weight excluding hydrogens is 310 g/mol. The highest BCUT2D eigenvalue weighted by Gasteiger charge is 2.28. The molecule has 4 nitrogen and oxygen atoms in total. The number of Topliss-reactive ketones (excluding diaryl/α,β-unsaturated/α-hetero) is 1. The van der Waals surface area contributed by atoms with Gasteiger partial charge in [-0.05, 0) is 37.1 Å². The van der Waals surface area contributed by atoms with Crippen LogP contribution in [0.5, 0.6) is 0 Å². The fourth-order valence-electron chi connectivity index (χ4n) is 3.41. The maximum Gasteiger partial charge on any atom is 0.166 e. The molecule has 0 N–H and O–H groups in total. The van der Waals surface area contributed by atoms with E-state index < -0.39 is 0 Å². The molecular formula is C21H21N3O. The number of hydrogen-bond acceptors (Lipinski definition) is 3. The number of para-hydroxylation sites is 1. The first-order chi connectivity index (χ1) is 12.1. The predicted octanol–water partition coefficient (Wildman–Crippen LogP) is 4.12. The van der Waals surface area contributed by atoms with Crippen LogP contribution < -0.4 is 4.90 Å². The van der Waals surface area contributed by atoms with Crippen LogP contribution in [0.25, 0.3) is 16.9 Å². The average molecular weight is 331 g/mol. The van der Waals surface area contributed by atoms with Crippen LogP contribution in [0.3, 0.4) is 0 Å². The number of carbonyl (C=O) groups is 1. The van der Waals surface area contributed by atoms with Crippen molar-refractivity contribution in [3.8, 4) is 16.9 Å². The lowest BCUT2D eigenvalue weighted by Crippen LogP contribution is -2.10. The van der Waals surface area contributed by atoms with Gasteiger partial charge in [-0.3, -0.25) is 4.79 Å². The van der Waals surface area contributed by atoms with Crippen LogP contribution in [0.1, 0.15) is 28.9 Å². The summed E-state index contributed by atoms with van der Waals surface area (Å²) in [4.78, 5) is 14.7. The monoisotopic (exact) mass is 331 g/mol. The van der Waals surface area contributed by atoms with E-state index in [1.165, 1.54) is 0 Å². The van der Waals surface area contributed by atoms with Gasteiger partial charge in [-0.2, -0.15) is 5.10 Å². The van der Waals surface area contributed by atoms with Gasteiger partial charge in [0.25, 0.3) is 0 Å². The number of aromatic nitrogens is 2. The molecule has 3 aromatic rings. The van der Waals surface area contributed by atoms with Crippen molar-refractivity contribution in [1.82, 2.24) is 9.78 Å². The molecule has 0 aliphatic heterocycles. The molecule has 0 radical (unpaired) electrons. The maximum atomic E-state index is 12.6. The third kappa shape index (κ3) is 2.74. The number of benzene rings is 2. The van der Waals surface area contributed by atoms with E-state index in [1.54, 1.807) is 0 Å². The quantitative estimate of drug-likeness (QED) is 0.724. The number of ketones is 1. The topological polar surface area (TPSA) is 38.1 Å². The second-order valence-electron chi connectivity index (χ2n) is 6.64. The van der Waals surface area contributed by atoms with Gasteiger partial charge in [-0.15, -0.1) is 0 Å². The van der Waals surface area contributed by atoms with Gasteiger partial charge >= 0.3 is 0 Å². The van der Waals surface area contributed by atoms with Gasteiger partial charge < -0.3 is 4.90 Å². The molecule has 0 amide bonds. The molecule has 0 bridgehead atoms. The molecule has 1 aliphatic rings. The Morgan fingerprint density at radius 3 is 2.36 bits per heavy atom. The molecule has 0 saturated heterocycles. The van der Waals surface area contributed by atoms with E-state index in [9.17, 15) is 4.79 Å². The second kappa shape index (κ2) is 6.20. The summed E-state index contributed by atoms with van der Waals surface area (Å²) in [6.07, 6.45) is 2.36. The zero-order valence-corrected chi connectivity index (χ0v) is 14.6. The summed E-state index contributed by atoms with van der Waals surface area (Å²) in [7, 11) is 4.04. The molecule has 1 aromatic heterocycles. The number of hydrogen-bond donors (Lipinski definition) is 0. The zero-order chi connectivity index (χ0) is 17.4. The number of aryl methyl sites for hydroxylation is 1. The standard InChI is InChI=1S/C21H21N3O/c1-23(2)16-13-11-15(12-14-16)21-20-18(9-6-10-19(20)25)22-24(21)17-7-4-3-5-8-17/h3-5,7-8,11-14H,6,9-10H2,1-2H3. The molecule has 0 unspecified atom stereocenters. The Balaban J connectivity index is 1.93. The lowest BCUT2D eigenvalue weighted by Gasteiger charge is -2.15. The lowest BCUT2D eigenvalue weighted by molar-refractivity contribution is 0.0973. The fraction of sp³-hybridized carbons (Fsp3) is 0.238. The van der Waals surface area contributed by atoms with Crippen LogP contribution >= 0.6 is 0 Å². The number of rotatable bonds is 3. The number of carbonyl (C=O) groups excluding carboxylic acids is 1. The molecule has 4 heteroatoms. The van der Waals surface area contributed by atoms with E-state index in [2.05, 4.69) is 29.2 Å². The SMILES string of the molecule is CN(C)c1ccc(-c2c3c(nn2-c2ccccc2)CCCC3=O)cc1. The molecule has 0 spiro atoms. The van der Waals surface area contributed by atoms with Gasteiger partial charge in [0, 0.05) is 31.8 Å². The third-order valence-corrected chi connectivity index (χ3v) is 4.71. The Morgan fingerprint density at radius 2 is 1.68 bits per heavy atom. The molecule has 25 heavy (non-hydrogen) atoms. The summed E-state index contributed by atoms with van der Waals surface area (Å²) in [6, 6.07) is 18.4. The van der Waals surface area contributed by atoms with Gasteiger partial charge in [-0.1, -0.05) is 30.3 Å². The Kier molecular flexibility index (Phi) is 3.88. The Bertz CT molecular complexity index is 908. The first kappa shape index (κ1) is 15.6. The van der Waals surface area contributed by atoms with E-state index in [-0.39, 0.29) is 5.78 Å². The Hall–Kier alpha value is -2.88. The highest BCUT2D eigenvalue weighted by molar-refractivity contribution is 6.03. The van der Waals surface area contributed by atoms with E-state index in [0.29, 0.717) is 6.42 Å². The lowest BCUT2D eigenvalue weighted by atomic mass is 9.92. The Morgan fingerprint density at radius 1 is 0.960 bits per heavy atom. The van der Waals surface area contributed by atoms with Crippen molar-refractivity contribution in [1.29, 1.82) is 0 Å². The van der Waals surface area contributed by atoms with Crippen LogP contribution in [0.2, 0.25) is 0 Å². The summed E-state index contributed by atoms with van der Waals surface area (Å²) >= 11 is 0. The summed E-state index contributed by atoms with van der Waals surface area (Å²) in [5.74, 6) is 0.204. The van der Waals surface area contributed by atoms with Gasteiger partial charge in [-0.25, -0.2) is 4.68 Å². The van der Waals surface area contributed by atoms with Gasteiger partial charge in [0.1, 0.15) is 0 Å². The average Bonchev–Trinajstić information content (AvgIpc) is 3.03. The minimum absolute atomic E-state index is 0.204. The van der Waals surface area contributed by atoms with E-state index in [0.717, 1.165) is 46.7 Å². The van der Waals surface area contributed by atoms with Crippen molar-refractivity contribution in [2.45, 2.75) is 19.3 Å². The maximum absolute atomic E-state index is 12.6. The van der Waals surface area contributed by atoms with Gasteiger partial charge in [0.15, 0.2) is 5.78 Å². The first-order valence-corrected chi connectivity index (χ1v) is 8.63. The van der Waals surface area contributed by atoms with Crippen molar-refractivity contribution in [2.24, 2.45) is 0 Å². The van der Waals surface area contributed by atoms with Crippen molar-refractivity contribution < 1.29 is 4.79 Å². The molecule has 0 saturated carbocycles. The van der Waals surface area contributed by atoms with E-state index in [1.807, 2.05) is 49.1 Å². The fourth-order valence-corrected chi connectivity index (χ4v) is 3.41. The molecule has 0 atom stereocenters. The zero-order valence-electron chi connectivity index (χ0n) is 14.6. The molecule has 4 rings (SSSR count). The largest absolute Gasteiger partial charge is 0.378 e. The summed E-state index contributed by atoms with van der Waals surface area (Å²) in [5, 5.41) is 4.79. The summed E-state index contributed by atoms with van der Waals surface area (Å²) in [5.41, 5.74) is 5.78. The van der Waals surface area contributed by atoms with Gasteiger partial charge in [0.2, 0.25) is 0 Å². The predicted molar refractivity (Wildman–Crippen MR) is 101 cm³/mol. The molecule has 1 heterocycles. The van der Waals surface area contributed by atoms with E-state index >= 15 is 0 Å². The normalized spacial score (nSPS) is 13.6. The van der Waals surface area contributed by atoms with Crippen LogP contribution in [0, 0.1) is 0 Å². The Labute approximate surface area is 147 Å². The highest BCUT2D eigenvalue weighted by Crippen LogP contribution is 2.34. The second-order valence-corrected chi connectivity index (χ2v) is 6.64. The van der Waals surface area contributed by atoms with Crippen LogP contribution in [-0.4, -0.2) is 29.7 Å². The van der Waals surface area contributed by atoms with Crippen LogP contribution in [0.4, 0.5) is 5.69 Å². The van der Waals surface area contributed by atoms with Gasteiger partial charge in [0.05, 0.1) is 22.6 Å². The first-order valence-electron chi connectivity index (χ1n) is 8.63. The molecule has 1 aliphatic carbocycles. The van der Waals surface area contributed by atoms with Crippen LogP contribution in [-0.2, 0) is 6.42 Å². The highest BCUT2D eigenvalue weighted by atomic mass is 16.1. The van der Waals surface area contributed by atoms with Crippen molar-refractivity contribution in [3.05, 3.63) is 65.9 Å². The number of nitrogens with zero attached hydrogens (tertiary/aromatic N) is 3. The minimum atomic E-state index is 0.204. The smallest absolute Gasteiger partial charge is 0.166 e.